The minimum absolute atomic E-state index is 0.00596. The zero-order chi connectivity index (χ0) is 27.4. The first-order valence-electron chi connectivity index (χ1n) is 11.8. The lowest BCUT2D eigenvalue weighted by molar-refractivity contribution is 0.191. The maximum Gasteiger partial charge on any atom is 0.404 e. The van der Waals surface area contributed by atoms with E-state index in [2.05, 4.69) is 30.3 Å². The fraction of sp³-hybridized carbons (Fsp3) is 0.417. The number of aromatic amines is 1. The van der Waals surface area contributed by atoms with Crippen LogP contribution in [-0.4, -0.2) is 57.9 Å². The number of carboxylic acid groups (broad SMARTS) is 1. The van der Waals surface area contributed by atoms with E-state index in [1.165, 1.54) is 0 Å². The van der Waals surface area contributed by atoms with Crippen LogP contribution < -0.4 is 15.4 Å². The Morgan fingerprint density at radius 2 is 1.95 bits per heavy atom. The van der Waals surface area contributed by atoms with Gasteiger partial charge in [-0.15, -0.1) is 0 Å². The lowest BCUT2D eigenvalue weighted by atomic mass is 9.96. The first kappa shape index (κ1) is 28.2. The second-order valence-corrected chi connectivity index (χ2v) is 12.0. The molecule has 0 fully saturated rings. The molecule has 37 heavy (non-hydrogen) atoms. The van der Waals surface area contributed by atoms with Crippen LogP contribution in [0.2, 0.25) is 5.02 Å². The van der Waals surface area contributed by atoms with Gasteiger partial charge in [0, 0.05) is 34.8 Å². The number of halogens is 1. The molecule has 3 rings (SSSR count). The Morgan fingerprint density at radius 3 is 2.59 bits per heavy atom. The van der Waals surface area contributed by atoms with Gasteiger partial charge in [-0.3, -0.25) is 4.72 Å². The number of benzene rings is 1. The van der Waals surface area contributed by atoms with Crippen molar-refractivity contribution in [1.82, 2.24) is 25.3 Å². The maximum absolute atomic E-state index is 12.4. The maximum atomic E-state index is 12.4. The van der Waals surface area contributed by atoms with Gasteiger partial charge in [-0.25, -0.2) is 28.2 Å². The summed E-state index contributed by atoms with van der Waals surface area (Å²) in [6.07, 6.45) is 0.957. The third-order valence-corrected chi connectivity index (χ3v) is 6.89. The van der Waals surface area contributed by atoms with Crippen molar-refractivity contribution in [2.45, 2.75) is 52.5 Å². The molecule has 13 heteroatoms. The van der Waals surface area contributed by atoms with Gasteiger partial charge in [-0.1, -0.05) is 39.3 Å². The molecule has 0 aliphatic rings. The molecular weight excluding hydrogens is 518 g/mol. The van der Waals surface area contributed by atoms with Crippen molar-refractivity contribution in [3.8, 4) is 22.6 Å². The highest BCUT2D eigenvalue weighted by molar-refractivity contribution is 7.92. The highest BCUT2D eigenvalue weighted by atomic mass is 35.5. The normalized spacial score (nSPS) is 12.7. The number of imidazole rings is 1. The van der Waals surface area contributed by atoms with E-state index >= 15 is 0 Å². The van der Waals surface area contributed by atoms with Crippen molar-refractivity contribution >= 4 is 39.4 Å². The van der Waals surface area contributed by atoms with Crippen LogP contribution in [0.15, 0.2) is 30.5 Å². The Labute approximate surface area is 221 Å². The summed E-state index contributed by atoms with van der Waals surface area (Å²) in [6, 6.07) is 6.31. The van der Waals surface area contributed by atoms with Crippen LogP contribution in [0.5, 0.6) is 0 Å². The monoisotopic (exact) mass is 549 g/mol. The predicted octanol–water partition coefficient (Wildman–Crippen LogP) is 4.70. The predicted molar refractivity (Wildman–Crippen MR) is 146 cm³/mol. The number of sulfonamides is 1. The van der Waals surface area contributed by atoms with Crippen molar-refractivity contribution in [2.24, 2.45) is 0 Å². The van der Waals surface area contributed by atoms with Gasteiger partial charge < -0.3 is 20.7 Å². The van der Waals surface area contributed by atoms with E-state index in [1.807, 2.05) is 20.8 Å². The molecule has 0 saturated carbocycles. The second-order valence-electron chi connectivity index (χ2n) is 9.71. The minimum atomic E-state index is -3.52. The van der Waals surface area contributed by atoms with E-state index in [0.29, 0.717) is 51.5 Å². The van der Waals surface area contributed by atoms with E-state index in [9.17, 15) is 13.2 Å². The fourth-order valence-electron chi connectivity index (χ4n) is 3.50. The molecule has 0 bridgehead atoms. The number of hydrogen-bond donors (Lipinski definition) is 5. The van der Waals surface area contributed by atoms with E-state index in [1.54, 1.807) is 44.3 Å². The molecule has 11 nitrogen and oxygen atoms in total. The Balaban J connectivity index is 2.03. The minimum Gasteiger partial charge on any atom is -0.465 e. The zero-order valence-corrected chi connectivity index (χ0v) is 23.0. The largest absolute Gasteiger partial charge is 0.465 e. The van der Waals surface area contributed by atoms with Crippen molar-refractivity contribution in [2.75, 3.05) is 22.3 Å². The van der Waals surface area contributed by atoms with Crippen molar-refractivity contribution in [3.05, 3.63) is 41.3 Å². The third kappa shape index (κ3) is 7.80. The number of amides is 1. The number of aromatic nitrogens is 4. The number of H-pyrrole nitrogens is 1. The number of carbonyl (C=O) groups is 1. The summed E-state index contributed by atoms with van der Waals surface area (Å²) in [5.74, 6) is 1.01. The quantitative estimate of drug-likeness (QED) is 0.243. The van der Waals surface area contributed by atoms with Crippen LogP contribution in [0.1, 0.15) is 46.9 Å². The summed E-state index contributed by atoms with van der Waals surface area (Å²) in [7, 11) is -3.52. The molecule has 0 saturated heterocycles. The van der Waals surface area contributed by atoms with Crippen LogP contribution in [0.4, 0.5) is 16.4 Å². The molecule has 200 valence electrons. The van der Waals surface area contributed by atoms with Gasteiger partial charge in [0.1, 0.15) is 5.82 Å². The van der Waals surface area contributed by atoms with Crippen LogP contribution in [-0.2, 0) is 15.4 Å². The van der Waals surface area contributed by atoms with Gasteiger partial charge in [0.15, 0.2) is 0 Å². The Bertz CT molecular complexity index is 1370. The Morgan fingerprint density at radius 1 is 1.22 bits per heavy atom. The average molecular weight is 550 g/mol. The Kier molecular flexibility index (Phi) is 8.64. The average Bonchev–Trinajstić information content (AvgIpc) is 3.23. The SMILES string of the molecule is CCCS(=O)(=O)Nc1cc(Cl)cc(-c2nc(C(C)(C)C)[nH]c2-c2ccnc(NCC(C)NC(=O)O)n2)c1. The molecule has 3 aromatic rings. The summed E-state index contributed by atoms with van der Waals surface area (Å²) in [4.78, 5) is 27.9. The molecule has 1 unspecified atom stereocenters. The number of hydrogen-bond acceptors (Lipinski definition) is 7. The fourth-order valence-corrected chi connectivity index (χ4v) is 4.85. The third-order valence-electron chi connectivity index (χ3n) is 5.18. The van der Waals surface area contributed by atoms with Gasteiger partial charge in [0.05, 0.1) is 28.5 Å². The smallest absolute Gasteiger partial charge is 0.404 e. The highest BCUT2D eigenvalue weighted by Crippen LogP contribution is 2.35. The molecule has 5 N–H and O–H groups in total. The molecule has 0 aliphatic heterocycles. The number of anilines is 2. The molecule has 1 atom stereocenters. The Hall–Kier alpha value is -3.38. The molecule has 1 aromatic carbocycles. The first-order valence-corrected chi connectivity index (χ1v) is 13.8. The summed E-state index contributed by atoms with van der Waals surface area (Å²) in [6.45, 7) is 9.86. The van der Waals surface area contributed by atoms with Gasteiger partial charge in [-0.2, -0.15) is 0 Å². The molecule has 0 spiro atoms. The molecule has 0 radical (unpaired) electrons. The summed E-state index contributed by atoms with van der Waals surface area (Å²) >= 11 is 6.38. The van der Waals surface area contributed by atoms with Crippen molar-refractivity contribution < 1.29 is 18.3 Å². The van der Waals surface area contributed by atoms with Crippen LogP contribution in [0.3, 0.4) is 0 Å². The zero-order valence-electron chi connectivity index (χ0n) is 21.4. The van der Waals surface area contributed by atoms with Gasteiger partial charge in [0.25, 0.3) is 0 Å². The van der Waals surface area contributed by atoms with Crippen molar-refractivity contribution in [1.29, 1.82) is 0 Å². The standard InChI is InChI=1S/C24H32ClN7O4S/c1-6-9-37(35,36)32-17-11-15(10-16(25)12-17)19-20(31-21(30-19)24(3,4)5)18-7-8-26-22(29-18)27-13-14(2)28-23(33)34/h7-8,10-12,14,28,32H,6,9,13H2,1-5H3,(H,30,31)(H,33,34)(H,26,27,29). The van der Waals surface area contributed by atoms with E-state index in [4.69, 9.17) is 21.7 Å². The number of nitrogens with one attached hydrogen (secondary N) is 4. The van der Waals surface area contributed by atoms with Crippen LogP contribution in [0, 0.1) is 0 Å². The summed E-state index contributed by atoms with van der Waals surface area (Å²) in [5.41, 5.74) is 2.33. The summed E-state index contributed by atoms with van der Waals surface area (Å²) < 4.78 is 27.3. The van der Waals surface area contributed by atoms with Gasteiger partial charge >= 0.3 is 6.09 Å². The lowest BCUT2D eigenvalue weighted by Gasteiger charge is -2.14. The molecule has 1 amide bonds. The highest BCUT2D eigenvalue weighted by Gasteiger charge is 2.24. The van der Waals surface area contributed by atoms with Gasteiger partial charge in [-0.05, 0) is 37.6 Å². The van der Waals surface area contributed by atoms with Crippen LogP contribution in [0.25, 0.3) is 22.6 Å². The van der Waals surface area contributed by atoms with Crippen LogP contribution >= 0.6 is 11.6 Å². The topological polar surface area (TPSA) is 162 Å². The van der Waals surface area contributed by atoms with E-state index in [-0.39, 0.29) is 23.8 Å². The van der Waals surface area contributed by atoms with E-state index < -0.39 is 16.1 Å². The number of nitrogens with zero attached hydrogens (tertiary/aromatic N) is 3. The first-order chi connectivity index (χ1) is 17.3. The number of rotatable bonds is 10. The van der Waals surface area contributed by atoms with E-state index in [0.717, 1.165) is 0 Å². The lowest BCUT2D eigenvalue weighted by Crippen LogP contribution is -2.36. The molecule has 0 aliphatic carbocycles. The summed E-state index contributed by atoms with van der Waals surface area (Å²) in [5, 5.41) is 14.6. The van der Waals surface area contributed by atoms with Gasteiger partial charge in [0.2, 0.25) is 16.0 Å². The van der Waals surface area contributed by atoms with Crippen molar-refractivity contribution in [3.63, 3.8) is 0 Å². The second kappa shape index (κ2) is 11.3. The molecule has 2 aromatic heterocycles. The molecule has 2 heterocycles. The molecular formula is C24H32ClN7O4S.